The number of fused-ring (bicyclic) bond motifs is 1. The van der Waals surface area contributed by atoms with Gasteiger partial charge in [0.25, 0.3) is 0 Å². The summed E-state index contributed by atoms with van der Waals surface area (Å²) in [5, 5.41) is 13.9. The molecular weight excluding hydrogens is 489 g/mol. The van der Waals surface area contributed by atoms with Gasteiger partial charge in [-0.3, -0.25) is 0 Å². The van der Waals surface area contributed by atoms with Gasteiger partial charge < -0.3 is 20.6 Å². The van der Waals surface area contributed by atoms with Gasteiger partial charge in [0.15, 0.2) is 23.0 Å². The molecule has 2 aliphatic rings. The number of benzene rings is 1. The van der Waals surface area contributed by atoms with Crippen molar-refractivity contribution in [3.05, 3.63) is 29.5 Å². The SMILES string of the molecule is Cn1nc(-c2cc(C(F)(F)F)c(F)c(O)c2F)c2cnc(N3CCN(C(N)=O)CC3CC3CC3)nc21. The third-order valence-corrected chi connectivity index (χ3v) is 6.66. The number of aromatic nitrogens is 4. The summed E-state index contributed by atoms with van der Waals surface area (Å²) in [5.74, 6) is -4.55. The summed E-state index contributed by atoms with van der Waals surface area (Å²) >= 11 is 0. The number of aryl methyl sites for hydroxylation is 1. The summed E-state index contributed by atoms with van der Waals surface area (Å²) in [4.78, 5) is 24.1. The van der Waals surface area contributed by atoms with Crippen LogP contribution in [-0.4, -0.2) is 61.5 Å². The number of aromatic hydroxyl groups is 1. The maximum Gasteiger partial charge on any atom is 0.419 e. The molecule has 1 unspecified atom stereocenters. The van der Waals surface area contributed by atoms with Crippen molar-refractivity contribution in [2.75, 3.05) is 24.5 Å². The number of hydrogen-bond donors (Lipinski definition) is 2. The van der Waals surface area contributed by atoms with Gasteiger partial charge in [0.05, 0.1) is 10.9 Å². The number of carbonyl (C=O) groups excluding carboxylic acids is 1. The van der Waals surface area contributed by atoms with E-state index in [1.54, 1.807) is 4.90 Å². The zero-order chi connectivity index (χ0) is 25.9. The summed E-state index contributed by atoms with van der Waals surface area (Å²) in [5.41, 5.74) is 2.85. The molecule has 2 aromatic heterocycles. The van der Waals surface area contributed by atoms with Gasteiger partial charge in [-0.05, 0) is 18.4 Å². The molecular formula is C22H22F5N7O2. The lowest BCUT2D eigenvalue weighted by molar-refractivity contribution is -0.140. The van der Waals surface area contributed by atoms with Crippen molar-refractivity contribution in [3.63, 3.8) is 0 Å². The number of alkyl halides is 3. The van der Waals surface area contributed by atoms with Crippen molar-refractivity contribution in [1.29, 1.82) is 0 Å². The monoisotopic (exact) mass is 511 g/mol. The van der Waals surface area contributed by atoms with Gasteiger partial charge in [0.2, 0.25) is 5.95 Å². The summed E-state index contributed by atoms with van der Waals surface area (Å²) in [6.07, 6.45) is -0.838. The third kappa shape index (κ3) is 4.13. The van der Waals surface area contributed by atoms with E-state index in [-0.39, 0.29) is 28.8 Å². The number of halogens is 5. The number of anilines is 1. The van der Waals surface area contributed by atoms with Crippen molar-refractivity contribution in [3.8, 4) is 17.0 Å². The smallest absolute Gasteiger partial charge is 0.419 e. The Labute approximate surface area is 201 Å². The van der Waals surface area contributed by atoms with E-state index < -0.39 is 40.7 Å². The first-order valence-electron chi connectivity index (χ1n) is 11.2. The number of carbonyl (C=O) groups is 1. The normalized spacial score (nSPS) is 18.8. The largest absolute Gasteiger partial charge is 0.503 e. The molecule has 0 spiro atoms. The van der Waals surface area contributed by atoms with Crippen LogP contribution >= 0.6 is 0 Å². The number of nitrogens with two attached hydrogens (primary N) is 1. The van der Waals surface area contributed by atoms with E-state index in [2.05, 4.69) is 15.1 Å². The highest BCUT2D eigenvalue weighted by molar-refractivity contribution is 5.91. The minimum Gasteiger partial charge on any atom is -0.503 e. The second kappa shape index (κ2) is 8.45. The number of nitrogens with zero attached hydrogens (tertiary/aromatic N) is 6. The van der Waals surface area contributed by atoms with Gasteiger partial charge >= 0.3 is 12.2 Å². The highest BCUT2D eigenvalue weighted by atomic mass is 19.4. The van der Waals surface area contributed by atoms with Gasteiger partial charge in [-0.1, -0.05) is 12.8 Å². The van der Waals surface area contributed by atoms with Crippen LogP contribution in [0.2, 0.25) is 0 Å². The molecule has 3 N–H and O–H groups in total. The molecule has 3 aromatic rings. The van der Waals surface area contributed by atoms with Crippen LogP contribution in [0.4, 0.5) is 32.7 Å². The number of piperazine rings is 1. The van der Waals surface area contributed by atoms with Crippen LogP contribution in [0.3, 0.4) is 0 Å². The molecule has 36 heavy (non-hydrogen) atoms. The van der Waals surface area contributed by atoms with Gasteiger partial charge in [0, 0.05) is 44.5 Å². The van der Waals surface area contributed by atoms with Gasteiger partial charge in [-0.25, -0.2) is 23.2 Å². The Bertz CT molecular complexity index is 1360. The first-order valence-corrected chi connectivity index (χ1v) is 11.2. The highest BCUT2D eigenvalue weighted by Crippen LogP contribution is 2.42. The summed E-state index contributed by atoms with van der Waals surface area (Å²) in [7, 11) is 1.47. The predicted molar refractivity (Wildman–Crippen MR) is 118 cm³/mol. The molecule has 3 heterocycles. The van der Waals surface area contributed by atoms with Crippen molar-refractivity contribution < 1.29 is 31.9 Å². The van der Waals surface area contributed by atoms with E-state index in [0.717, 1.165) is 19.3 Å². The molecule has 0 bridgehead atoms. The number of phenols is 1. The average molecular weight is 511 g/mol. The fourth-order valence-corrected chi connectivity index (χ4v) is 4.63. The van der Waals surface area contributed by atoms with Crippen LogP contribution in [0.1, 0.15) is 24.8 Å². The van der Waals surface area contributed by atoms with Crippen LogP contribution in [0, 0.1) is 17.6 Å². The van der Waals surface area contributed by atoms with Crippen LogP contribution in [0.15, 0.2) is 12.3 Å². The molecule has 9 nitrogen and oxygen atoms in total. The average Bonchev–Trinajstić information content (AvgIpc) is 3.58. The highest BCUT2D eigenvalue weighted by Gasteiger charge is 2.39. The lowest BCUT2D eigenvalue weighted by Crippen LogP contribution is -2.56. The number of rotatable bonds is 4. The second-order valence-corrected chi connectivity index (χ2v) is 9.14. The predicted octanol–water partition coefficient (Wildman–Crippen LogP) is 3.40. The van der Waals surface area contributed by atoms with Crippen molar-refractivity contribution >= 4 is 23.0 Å². The fourth-order valence-electron chi connectivity index (χ4n) is 4.63. The number of urea groups is 1. The Kier molecular flexibility index (Phi) is 5.63. The van der Waals surface area contributed by atoms with E-state index in [4.69, 9.17) is 5.73 Å². The van der Waals surface area contributed by atoms with Crippen LogP contribution < -0.4 is 10.6 Å². The molecule has 1 aromatic carbocycles. The summed E-state index contributed by atoms with van der Waals surface area (Å²) in [6, 6.07) is -0.315. The van der Waals surface area contributed by atoms with Gasteiger partial charge in [-0.15, -0.1) is 0 Å². The van der Waals surface area contributed by atoms with Gasteiger partial charge in [0.1, 0.15) is 5.69 Å². The standard InChI is InChI=1S/C22H22F5N7O2/c1-32-19-13(17(31-32)12-7-14(22(25,26)27)16(24)18(35)15(12)23)8-29-21(30-19)34-5-4-33(20(28)36)9-11(34)6-10-2-3-10/h7-8,10-11,35H,2-6,9H2,1H3,(H2,28,36). The molecule has 1 saturated carbocycles. The second-order valence-electron chi connectivity index (χ2n) is 9.14. The lowest BCUT2D eigenvalue weighted by Gasteiger charge is -2.41. The zero-order valence-corrected chi connectivity index (χ0v) is 19.1. The molecule has 0 radical (unpaired) electrons. The number of hydrogen-bond acceptors (Lipinski definition) is 6. The Morgan fingerprint density at radius 2 is 1.94 bits per heavy atom. The number of primary amides is 1. The molecule has 1 atom stereocenters. The van der Waals surface area contributed by atoms with E-state index in [9.17, 15) is 31.9 Å². The maximum atomic E-state index is 14.7. The molecule has 1 aliphatic heterocycles. The number of phenolic OH excluding ortho intramolecular Hbond substituents is 1. The first-order chi connectivity index (χ1) is 17.0. The molecule has 1 aliphatic carbocycles. The minimum absolute atomic E-state index is 0.0790. The number of amides is 2. The zero-order valence-electron chi connectivity index (χ0n) is 19.1. The molecule has 2 fully saturated rings. The lowest BCUT2D eigenvalue weighted by atomic mass is 10.0. The Morgan fingerprint density at radius 1 is 1.22 bits per heavy atom. The molecule has 2 amide bonds. The van der Waals surface area contributed by atoms with Crippen LogP contribution in [0.5, 0.6) is 5.75 Å². The molecule has 14 heteroatoms. The minimum atomic E-state index is -5.16. The first kappa shape index (κ1) is 24.0. The third-order valence-electron chi connectivity index (χ3n) is 6.66. The van der Waals surface area contributed by atoms with E-state index >= 15 is 0 Å². The topological polar surface area (TPSA) is 113 Å². The van der Waals surface area contributed by atoms with Crippen molar-refractivity contribution in [1.82, 2.24) is 24.6 Å². The molecule has 192 valence electrons. The summed E-state index contributed by atoms with van der Waals surface area (Å²) < 4.78 is 69.7. The van der Waals surface area contributed by atoms with Crippen LogP contribution in [-0.2, 0) is 13.2 Å². The summed E-state index contributed by atoms with van der Waals surface area (Å²) in [6.45, 7) is 1.20. The quantitative estimate of drug-likeness (QED) is 0.519. The Hall–Kier alpha value is -3.71. The van der Waals surface area contributed by atoms with Crippen molar-refractivity contribution in [2.45, 2.75) is 31.5 Å². The molecule has 5 rings (SSSR count). The van der Waals surface area contributed by atoms with Crippen molar-refractivity contribution in [2.24, 2.45) is 18.7 Å². The van der Waals surface area contributed by atoms with Gasteiger partial charge in [-0.2, -0.15) is 23.3 Å². The van der Waals surface area contributed by atoms with E-state index in [1.165, 1.54) is 17.9 Å². The Morgan fingerprint density at radius 3 is 2.58 bits per heavy atom. The van der Waals surface area contributed by atoms with E-state index in [0.29, 0.717) is 31.5 Å². The van der Waals surface area contributed by atoms with E-state index in [1.807, 2.05) is 4.90 Å². The fraction of sp³-hybridized carbons (Fsp3) is 0.455. The Balaban J connectivity index is 1.56. The van der Waals surface area contributed by atoms with Crippen LogP contribution in [0.25, 0.3) is 22.3 Å². The maximum absolute atomic E-state index is 14.7. The molecule has 1 saturated heterocycles.